The van der Waals surface area contributed by atoms with Crippen LogP contribution in [-0.4, -0.2) is 33.4 Å². The Hall–Kier alpha value is -2.63. The molecular weight excluding hydrogens is 316 g/mol. The van der Waals surface area contributed by atoms with Gasteiger partial charge in [-0.2, -0.15) is 0 Å². The minimum atomic E-state index is -0.0681. The van der Waals surface area contributed by atoms with Crippen molar-refractivity contribution in [2.75, 3.05) is 0 Å². The maximum Gasteiger partial charge on any atom is 0.251 e. The van der Waals surface area contributed by atoms with Crippen LogP contribution in [0.15, 0.2) is 36.9 Å². The van der Waals surface area contributed by atoms with Gasteiger partial charge in [-0.3, -0.25) is 9.59 Å². The summed E-state index contributed by atoms with van der Waals surface area (Å²) in [5.41, 5.74) is 2.58. The molecule has 6 nitrogen and oxygen atoms in total. The summed E-state index contributed by atoms with van der Waals surface area (Å²) in [7, 11) is 0. The summed E-state index contributed by atoms with van der Waals surface area (Å²) in [6.07, 6.45) is 8.80. The molecule has 2 fully saturated rings. The Labute approximate surface area is 146 Å². The molecule has 2 atom stereocenters. The predicted molar refractivity (Wildman–Crippen MR) is 93.4 cm³/mol. The summed E-state index contributed by atoms with van der Waals surface area (Å²) in [4.78, 5) is 28.5. The normalized spacial score (nSPS) is 23.2. The number of carbonyl (C=O) groups excluding carboxylic acids is 2. The highest BCUT2D eigenvalue weighted by atomic mass is 16.2. The summed E-state index contributed by atoms with van der Waals surface area (Å²) in [5, 5.41) is 6.21. The molecule has 1 aromatic heterocycles. The van der Waals surface area contributed by atoms with Crippen molar-refractivity contribution in [3.63, 3.8) is 0 Å². The van der Waals surface area contributed by atoms with Crippen LogP contribution in [-0.2, 0) is 4.79 Å². The van der Waals surface area contributed by atoms with Gasteiger partial charge in [0.25, 0.3) is 5.91 Å². The van der Waals surface area contributed by atoms with Crippen molar-refractivity contribution in [3.05, 3.63) is 48.0 Å². The van der Waals surface area contributed by atoms with Gasteiger partial charge in [0.15, 0.2) is 0 Å². The van der Waals surface area contributed by atoms with E-state index in [0.29, 0.717) is 24.3 Å². The third-order valence-electron chi connectivity index (χ3n) is 5.15. The fraction of sp³-hybridized carbons (Fsp3) is 0.421. The topological polar surface area (TPSA) is 76.0 Å². The first kappa shape index (κ1) is 15.9. The number of hydrogen-bond acceptors (Lipinski definition) is 3. The maximum atomic E-state index is 12.8. The van der Waals surface area contributed by atoms with Crippen LogP contribution in [0.1, 0.15) is 41.6 Å². The molecule has 0 radical (unpaired) electrons. The van der Waals surface area contributed by atoms with Crippen molar-refractivity contribution in [1.29, 1.82) is 0 Å². The number of aromatic nitrogens is 2. The van der Waals surface area contributed by atoms with Gasteiger partial charge in [0.1, 0.15) is 0 Å². The Balaban J connectivity index is 1.50. The van der Waals surface area contributed by atoms with Crippen molar-refractivity contribution in [2.24, 2.45) is 5.92 Å². The Morgan fingerprint density at radius 1 is 1.32 bits per heavy atom. The first-order valence-electron chi connectivity index (χ1n) is 8.81. The molecular formula is C19H22N4O2. The van der Waals surface area contributed by atoms with Gasteiger partial charge in [-0.25, -0.2) is 4.98 Å². The third-order valence-corrected chi connectivity index (χ3v) is 5.15. The van der Waals surface area contributed by atoms with E-state index in [2.05, 4.69) is 15.6 Å². The molecule has 1 saturated carbocycles. The van der Waals surface area contributed by atoms with Crippen LogP contribution in [0.5, 0.6) is 0 Å². The Kier molecular flexibility index (Phi) is 4.03. The summed E-state index contributed by atoms with van der Waals surface area (Å²) in [5.74, 6) is 0.545. The quantitative estimate of drug-likeness (QED) is 0.895. The van der Waals surface area contributed by atoms with E-state index >= 15 is 0 Å². The first-order valence-corrected chi connectivity index (χ1v) is 8.81. The van der Waals surface area contributed by atoms with E-state index in [-0.39, 0.29) is 23.9 Å². The lowest BCUT2D eigenvalue weighted by molar-refractivity contribution is -0.124. The van der Waals surface area contributed by atoms with Gasteiger partial charge in [-0.15, -0.1) is 0 Å². The van der Waals surface area contributed by atoms with E-state index in [1.807, 2.05) is 35.9 Å². The van der Waals surface area contributed by atoms with Crippen LogP contribution in [0.25, 0.3) is 5.69 Å². The number of aryl methyl sites for hydroxylation is 1. The molecule has 0 bridgehead atoms. The fourth-order valence-corrected chi connectivity index (χ4v) is 3.61. The second-order valence-electron chi connectivity index (χ2n) is 7.02. The van der Waals surface area contributed by atoms with E-state index in [1.54, 1.807) is 12.5 Å². The SMILES string of the molecule is Cc1cc(-n2ccnc2)ccc1C(=O)N[C@@H]1CCC(=O)N[C@H]1C1CC1. The zero-order chi connectivity index (χ0) is 17.4. The molecule has 2 aliphatic rings. The molecule has 2 amide bonds. The molecule has 0 spiro atoms. The van der Waals surface area contributed by atoms with Gasteiger partial charge in [0.2, 0.25) is 5.91 Å². The molecule has 2 heterocycles. The zero-order valence-corrected chi connectivity index (χ0v) is 14.2. The van der Waals surface area contributed by atoms with Crippen molar-refractivity contribution in [2.45, 2.75) is 44.7 Å². The minimum Gasteiger partial charge on any atom is -0.351 e. The maximum absolute atomic E-state index is 12.8. The zero-order valence-electron chi connectivity index (χ0n) is 14.2. The lowest BCUT2D eigenvalue weighted by Gasteiger charge is -2.33. The van der Waals surface area contributed by atoms with Crippen LogP contribution in [0, 0.1) is 12.8 Å². The number of benzene rings is 1. The minimum absolute atomic E-state index is 0.0189. The lowest BCUT2D eigenvalue weighted by atomic mass is 9.93. The highest BCUT2D eigenvalue weighted by molar-refractivity contribution is 5.96. The van der Waals surface area contributed by atoms with E-state index in [0.717, 1.165) is 24.1 Å². The van der Waals surface area contributed by atoms with Crippen molar-refractivity contribution < 1.29 is 9.59 Å². The number of nitrogens with one attached hydrogen (secondary N) is 2. The molecule has 130 valence electrons. The molecule has 1 saturated heterocycles. The van der Waals surface area contributed by atoms with E-state index in [4.69, 9.17) is 0 Å². The number of nitrogens with zero attached hydrogens (tertiary/aromatic N) is 2. The average Bonchev–Trinajstić information content (AvgIpc) is 3.30. The second-order valence-corrected chi connectivity index (χ2v) is 7.02. The summed E-state index contributed by atoms with van der Waals surface area (Å²) in [6.45, 7) is 1.94. The van der Waals surface area contributed by atoms with Gasteiger partial charge >= 0.3 is 0 Å². The third kappa shape index (κ3) is 3.29. The molecule has 1 aromatic carbocycles. The number of rotatable bonds is 4. The van der Waals surface area contributed by atoms with Gasteiger partial charge in [0.05, 0.1) is 18.4 Å². The number of amides is 2. The Morgan fingerprint density at radius 2 is 2.16 bits per heavy atom. The largest absolute Gasteiger partial charge is 0.351 e. The number of imidazole rings is 1. The predicted octanol–water partition coefficient (Wildman–Crippen LogP) is 1.97. The molecule has 0 unspecified atom stereocenters. The van der Waals surface area contributed by atoms with Crippen LogP contribution >= 0.6 is 0 Å². The molecule has 6 heteroatoms. The molecule has 1 aliphatic carbocycles. The van der Waals surface area contributed by atoms with E-state index < -0.39 is 0 Å². The van der Waals surface area contributed by atoms with Crippen molar-refractivity contribution in [1.82, 2.24) is 20.2 Å². The van der Waals surface area contributed by atoms with Gasteiger partial charge in [-0.05, 0) is 55.9 Å². The first-order chi connectivity index (χ1) is 12.1. The highest BCUT2D eigenvalue weighted by Crippen LogP contribution is 2.36. The van der Waals surface area contributed by atoms with Crippen molar-refractivity contribution in [3.8, 4) is 5.69 Å². The molecule has 2 N–H and O–H groups in total. The monoisotopic (exact) mass is 338 g/mol. The lowest BCUT2D eigenvalue weighted by Crippen LogP contribution is -2.56. The van der Waals surface area contributed by atoms with E-state index in [1.165, 1.54) is 0 Å². The Morgan fingerprint density at radius 3 is 2.84 bits per heavy atom. The smallest absolute Gasteiger partial charge is 0.251 e. The van der Waals surface area contributed by atoms with Gasteiger partial charge < -0.3 is 15.2 Å². The molecule has 1 aliphatic heterocycles. The summed E-state index contributed by atoms with van der Waals surface area (Å²) < 4.78 is 1.91. The van der Waals surface area contributed by atoms with Crippen LogP contribution in [0.4, 0.5) is 0 Å². The molecule has 2 aromatic rings. The van der Waals surface area contributed by atoms with Gasteiger partial charge in [-0.1, -0.05) is 0 Å². The second kappa shape index (κ2) is 6.35. The number of hydrogen-bond donors (Lipinski definition) is 2. The number of piperidine rings is 1. The fourth-order valence-electron chi connectivity index (χ4n) is 3.61. The highest BCUT2D eigenvalue weighted by Gasteiger charge is 2.40. The van der Waals surface area contributed by atoms with Crippen LogP contribution in [0.2, 0.25) is 0 Å². The van der Waals surface area contributed by atoms with Crippen LogP contribution < -0.4 is 10.6 Å². The summed E-state index contributed by atoms with van der Waals surface area (Å²) >= 11 is 0. The average molecular weight is 338 g/mol. The standard InChI is InChI=1S/C19H22N4O2/c1-12-10-14(23-9-8-20-11-23)4-5-15(12)19(25)21-16-6-7-17(24)22-18(16)13-2-3-13/h4-5,8-11,13,16,18H,2-3,6-7H2,1H3,(H,21,25)(H,22,24)/t16-,18+/m1/s1. The summed E-state index contributed by atoms with van der Waals surface area (Å²) in [6, 6.07) is 5.86. The Bertz CT molecular complexity index is 796. The molecule has 4 rings (SSSR count). The van der Waals surface area contributed by atoms with E-state index in [9.17, 15) is 9.59 Å². The van der Waals surface area contributed by atoms with Crippen LogP contribution in [0.3, 0.4) is 0 Å². The number of carbonyl (C=O) groups is 2. The van der Waals surface area contributed by atoms with Crippen molar-refractivity contribution >= 4 is 11.8 Å². The van der Waals surface area contributed by atoms with Gasteiger partial charge in [0, 0.05) is 30.1 Å². The molecule has 25 heavy (non-hydrogen) atoms.